The van der Waals surface area contributed by atoms with Gasteiger partial charge in [-0.25, -0.2) is 4.79 Å². The van der Waals surface area contributed by atoms with Crippen LogP contribution in [-0.4, -0.2) is 69.7 Å². The molecule has 0 bridgehead atoms. The van der Waals surface area contributed by atoms with Crippen LogP contribution in [0.3, 0.4) is 0 Å². The third kappa shape index (κ3) is 3.41. The fourth-order valence-corrected chi connectivity index (χ4v) is 4.06. The van der Waals surface area contributed by atoms with Gasteiger partial charge < -0.3 is 19.5 Å². The van der Waals surface area contributed by atoms with Gasteiger partial charge in [0, 0.05) is 26.4 Å². The molecule has 3 atom stereocenters. The Morgan fingerprint density at radius 3 is 2.88 bits per heavy atom. The van der Waals surface area contributed by atoms with Gasteiger partial charge in [0.2, 0.25) is 0 Å². The van der Waals surface area contributed by atoms with Gasteiger partial charge in [0.25, 0.3) is 5.91 Å². The van der Waals surface area contributed by atoms with E-state index in [0.29, 0.717) is 25.1 Å². The molecule has 8 heteroatoms. The lowest BCUT2D eigenvalue weighted by Gasteiger charge is -2.43. The highest BCUT2D eigenvalue weighted by atomic mass is 16.5. The topological polar surface area (TPSA) is 93.9 Å². The fraction of sp³-hybridized carbons (Fsp3) is 0.706. The standard InChI is InChI=1S/C17H25N3O5/c1-3-19-10-12(9-18-19)16(23)20-7-6-17(24-2)5-4-13(8-14(17)20)25-11-15(21)22/h9-10,13-14H,3-8,11H2,1-2H3,(H,21,22)/t13-,14+,17-/m1/s1. The first-order valence-electron chi connectivity index (χ1n) is 8.71. The van der Waals surface area contributed by atoms with Gasteiger partial charge >= 0.3 is 5.97 Å². The maximum atomic E-state index is 12.9. The summed E-state index contributed by atoms with van der Waals surface area (Å²) in [4.78, 5) is 25.5. The summed E-state index contributed by atoms with van der Waals surface area (Å²) in [6, 6.07) is -0.109. The van der Waals surface area contributed by atoms with E-state index in [0.717, 1.165) is 19.3 Å². The van der Waals surface area contributed by atoms with Crippen molar-refractivity contribution >= 4 is 11.9 Å². The van der Waals surface area contributed by atoms with Crippen LogP contribution in [-0.2, 0) is 20.8 Å². The molecule has 1 aromatic rings. The molecule has 0 spiro atoms. The molecule has 0 radical (unpaired) electrons. The summed E-state index contributed by atoms with van der Waals surface area (Å²) in [6.45, 7) is 3.00. The van der Waals surface area contributed by atoms with Gasteiger partial charge in [0.1, 0.15) is 6.61 Å². The average Bonchev–Trinajstić information content (AvgIpc) is 3.24. The molecular weight excluding hydrogens is 326 g/mol. The minimum absolute atomic E-state index is 0.0532. The van der Waals surface area contributed by atoms with Gasteiger partial charge in [-0.3, -0.25) is 9.48 Å². The Kier molecular flexibility index (Phi) is 5.10. The van der Waals surface area contributed by atoms with Crippen molar-refractivity contribution in [1.82, 2.24) is 14.7 Å². The molecule has 1 saturated carbocycles. The lowest BCUT2D eigenvalue weighted by Crippen LogP contribution is -2.53. The van der Waals surface area contributed by atoms with E-state index in [-0.39, 0.29) is 30.3 Å². The number of hydrogen-bond acceptors (Lipinski definition) is 5. The SMILES string of the molecule is CCn1cc(C(=O)N2CC[C@]3(OC)CC[C@@H](OCC(=O)O)C[C@H]23)cn1. The summed E-state index contributed by atoms with van der Waals surface area (Å²) in [5, 5.41) is 13.0. The Labute approximate surface area is 146 Å². The molecule has 1 amide bonds. The number of carboxylic acid groups (broad SMARTS) is 1. The van der Waals surface area contributed by atoms with E-state index >= 15 is 0 Å². The van der Waals surface area contributed by atoms with Crippen molar-refractivity contribution < 1.29 is 24.2 Å². The van der Waals surface area contributed by atoms with Crippen molar-refractivity contribution in [3.05, 3.63) is 18.0 Å². The molecule has 138 valence electrons. The Morgan fingerprint density at radius 2 is 2.24 bits per heavy atom. The van der Waals surface area contributed by atoms with E-state index in [1.807, 2.05) is 11.8 Å². The highest BCUT2D eigenvalue weighted by Crippen LogP contribution is 2.43. The van der Waals surface area contributed by atoms with E-state index in [2.05, 4.69) is 5.10 Å². The predicted molar refractivity (Wildman–Crippen MR) is 88.3 cm³/mol. The van der Waals surface area contributed by atoms with E-state index < -0.39 is 5.97 Å². The molecule has 1 aromatic heterocycles. The molecule has 1 aliphatic carbocycles. The minimum Gasteiger partial charge on any atom is -0.480 e. The molecule has 2 aliphatic rings. The van der Waals surface area contributed by atoms with Crippen molar-refractivity contribution in [2.45, 2.75) is 56.9 Å². The molecule has 2 heterocycles. The normalized spacial score (nSPS) is 28.8. The number of carbonyl (C=O) groups excluding carboxylic acids is 1. The largest absolute Gasteiger partial charge is 0.480 e. The van der Waals surface area contributed by atoms with E-state index in [4.69, 9.17) is 14.6 Å². The average molecular weight is 351 g/mol. The summed E-state index contributed by atoms with van der Waals surface area (Å²) < 4.78 is 13.0. The van der Waals surface area contributed by atoms with Gasteiger partial charge in [-0.1, -0.05) is 0 Å². The molecule has 25 heavy (non-hydrogen) atoms. The Bertz CT molecular complexity index is 646. The third-order valence-electron chi connectivity index (χ3n) is 5.45. The van der Waals surface area contributed by atoms with Crippen LogP contribution < -0.4 is 0 Å². The van der Waals surface area contributed by atoms with Crippen molar-refractivity contribution in [2.24, 2.45) is 0 Å². The summed E-state index contributed by atoms with van der Waals surface area (Å²) in [6.07, 6.45) is 6.07. The number of rotatable bonds is 6. The van der Waals surface area contributed by atoms with E-state index in [9.17, 15) is 9.59 Å². The van der Waals surface area contributed by atoms with Crippen molar-refractivity contribution in [3.63, 3.8) is 0 Å². The zero-order valence-electron chi connectivity index (χ0n) is 14.7. The molecule has 3 rings (SSSR count). The molecule has 8 nitrogen and oxygen atoms in total. The number of hydrogen-bond donors (Lipinski definition) is 1. The quantitative estimate of drug-likeness (QED) is 0.826. The van der Waals surface area contributed by atoms with Crippen LogP contribution in [0.15, 0.2) is 12.4 Å². The maximum Gasteiger partial charge on any atom is 0.329 e. The lowest BCUT2D eigenvalue weighted by molar-refractivity contribution is -0.148. The van der Waals surface area contributed by atoms with Crippen molar-refractivity contribution in [2.75, 3.05) is 20.3 Å². The number of amides is 1. The van der Waals surface area contributed by atoms with Gasteiger partial charge in [0.15, 0.2) is 0 Å². The molecule has 1 saturated heterocycles. The van der Waals surface area contributed by atoms with Crippen molar-refractivity contribution in [1.29, 1.82) is 0 Å². The Morgan fingerprint density at radius 1 is 1.44 bits per heavy atom. The second kappa shape index (κ2) is 7.13. The number of carbonyl (C=O) groups is 2. The summed E-state index contributed by atoms with van der Waals surface area (Å²) in [5.41, 5.74) is 0.210. The van der Waals surface area contributed by atoms with Crippen molar-refractivity contribution in [3.8, 4) is 0 Å². The highest BCUT2D eigenvalue weighted by Gasteiger charge is 2.53. The molecule has 0 unspecified atom stereocenters. The highest BCUT2D eigenvalue weighted by molar-refractivity contribution is 5.94. The molecule has 1 N–H and O–H groups in total. The van der Waals surface area contributed by atoms with Crippen LogP contribution in [0.25, 0.3) is 0 Å². The van der Waals surface area contributed by atoms with Crippen LogP contribution in [0, 0.1) is 0 Å². The lowest BCUT2D eigenvalue weighted by atomic mass is 9.79. The number of methoxy groups -OCH3 is 1. The Hall–Kier alpha value is -1.93. The van der Waals surface area contributed by atoms with E-state index in [1.165, 1.54) is 0 Å². The number of aryl methyl sites for hydroxylation is 1. The second-order valence-corrected chi connectivity index (χ2v) is 6.72. The number of aliphatic carboxylic acids is 1. The smallest absolute Gasteiger partial charge is 0.329 e. The number of carboxylic acids is 1. The predicted octanol–water partition coefficient (Wildman–Crippen LogP) is 1.16. The van der Waals surface area contributed by atoms with Crippen LogP contribution in [0.1, 0.15) is 43.0 Å². The summed E-state index contributed by atoms with van der Waals surface area (Å²) in [5.74, 6) is -1.03. The number of aromatic nitrogens is 2. The van der Waals surface area contributed by atoms with Gasteiger partial charge in [0.05, 0.1) is 29.5 Å². The second-order valence-electron chi connectivity index (χ2n) is 6.72. The summed E-state index contributed by atoms with van der Waals surface area (Å²) >= 11 is 0. The maximum absolute atomic E-state index is 12.9. The van der Waals surface area contributed by atoms with E-state index in [1.54, 1.807) is 24.2 Å². The first-order valence-corrected chi connectivity index (χ1v) is 8.71. The number of nitrogens with zero attached hydrogens (tertiary/aromatic N) is 3. The fourth-order valence-electron chi connectivity index (χ4n) is 4.06. The Balaban J connectivity index is 1.76. The number of fused-ring (bicyclic) bond motifs is 1. The monoisotopic (exact) mass is 351 g/mol. The van der Waals surface area contributed by atoms with Crippen LogP contribution >= 0.6 is 0 Å². The van der Waals surface area contributed by atoms with Gasteiger partial charge in [-0.15, -0.1) is 0 Å². The molecular formula is C17H25N3O5. The minimum atomic E-state index is -0.977. The summed E-state index contributed by atoms with van der Waals surface area (Å²) in [7, 11) is 1.69. The third-order valence-corrected chi connectivity index (χ3v) is 5.45. The number of likely N-dealkylation sites (tertiary alicyclic amines) is 1. The van der Waals surface area contributed by atoms with Crippen LogP contribution in [0.5, 0.6) is 0 Å². The zero-order chi connectivity index (χ0) is 18.0. The van der Waals surface area contributed by atoms with Gasteiger partial charge in [-0.05, 0) is 32.6 Å². The van der Waals surface area contributed by atoms with Gasteiger partial charge in [-0.2, -0.15) is 5.10 Å². The molecule has 1 aliphatic heterocycles. The first kappa shape index (κ1) is 17.9. The zero-order valence-corrected chi connectivity index (χ0v) is 14.7. The number of ether oxygens (including phenoxy) is 2. The first-order chi connectivity index (χ1) is 12.0. The molecule has 2 fully saturated rings. The van der Waals surface area contributed by atoms with Crippen LogP contribution in [0.2, 0.25) is 0 Å². The van der Waals surface area contributed by atoms with Crippen LogP contribution in [0.4, 0.5) is 0 Å². The molecule has 0 aromatic carbocycles.